The first-order valence-electron chi connectivity index (χ1n) is 7.40. The van der Waals surface area contributed by atoms with E-state index in [0.717, 1.165) is 12.3 Å². The van der Waals surface area contributed by atoms with Crippen LogP contribution in [0.1, 0.15) is 44.2 Å². The Morgan fingerprint density at radius 1 is 1.45 bits per heavy atom. The third-order valence-electron chi connectivity index (χ3n) is 4.52. The van der Waals surface area contributed by atoms with Crippen molar-refractivity contribution in [3.63, 3.8) is 0 Å². The lowest BCUT2D eigenvalue weighted by atomic mass is 9.85. The van der Waals surface area contributed by atoms with Crippen LogP contribution in [-0.2, 0) is 0 Å². The number of likely N-dealkylation sites (N-methyl/N-ethyl adjacent to an activating group) is 1. The highest BCUT2D eigenvalue weighted by Crippen LogP contribution is 2.32. The number of benzene rings is 1. The fourth-order valence-corrected chi connectivity index (χ4v) is 3.49. The van der Waals surface area contributed by atoms with E-state index in [1.165, 1.54) is 25.3 Å². The lowest BCUT2D eigenvalue weighted by Gasteiger charge is -2.39. The average molecular weight is 299 g/mol. The Morgan fingerprint density at radius 3 is 2.85 bits per heavy atom. The van der Waals surface area contributed by atoms with Gasteiger partial charge in [0.25, 0.3) is 0 Å². The van der Waals surface area contributed by atoms with Crippen molar-refractivity contribution in [2.24, 2.45) is 11.7 Å². The predicted octanol–water partition coefficient (Wildman–Crippen LogP) is 3.99. The molecule has 0 saturated heterocycles. The molecular formula is C16H24ClFN2. The Kier molecular flexibility index (Phi) is 5.42. The van der Waals surface area contributed by atoms with E-state index in [9.17, 15) is 4.39 Å². The van der Waals surface area contributed by atoms with E-state index in [1.807, 2.05) is 0 Å². The first-order valence-corrected chi connectivity index (χ1v) is 7.77. The van der Waals surface area contributed by atoms with Gasteiger partial charge in [-0.3, -0.25) is 4.90 Å². The fraction of sp³-hybridized carbons (Fsp3) is 0.625. The molecule has 0 radical (unpaired) electrons. The molecule has 1 aliphatic rings. The summed E-state index contributed by atoms with van der Waals surface area (Å²) in [5.41, 5.74) is 6.53. The molecule has 2 N–H and O–H groups in total. The minimum Gasteiger partial charge on any atom is -0.329 e. The van der Waals surface area contributed by atoms with Crippen molar-refractivity contribution in [3.05, 3.63) is 34.6 Å². The van der Waals surface area contributed by atoms with Crippen LogP contribution in [-0.4, -0.2) is 24.5 Å². The van der Waals surface area contributed by atoms with Gasteiger partial charge in [-0.05, 0) is 44.0 Å². The van der Waals surface area contributed by atoms with Crippen molar-refractivity contribution >= 4 is 11.6 Å². The molecule has 112 valence electrons. The van der Waals surface area contributed by atoms with Gasteiger partial charge in [0.15, 0.2) is 0 Å². The summed E-state index contributed by atoms with van der Waals surface area (Å²) in [6, 6.07) is 5.08. The summed E-state index contributed by atoms with van der Waals surface area (Å²) >= 11 is 6.01. The number of hydrogen-bond acceptors (Lipinski definition) is 2. The Morgan fingerprint density at radius 2 is 2.20 bits per heavy atom. The van der Waals surface area contributed by atoms with Crippen LogP contribution in [0.2, 0.25) is 5.02 Å². The summed E-state index contributed by atoms with van der Waals surface area (Å²) in [5, 5.41) is 0.560. The second-order valence-corrected chi connectivity index (χ2v) is 6.44. The summed E-state index contributed by atoms with van der Waals surface area (Å²) < 4.78 is 14.1. The van der Waals surface area contributed by atoms with Gasteiger partial charge in [0.1, 0.15) is 5.82 Å². The molecule has 1 aliphatic carbocycles. The summed E-state index contributed by atoms with van der Waals surface area (Å²) in [6.07, 6.45) is 4.86. The smallest absolute Gasteiger partial charge is 0.128 e. The molecular weight excluding hydrogens is 275 g/mol. The third-order valence-corrected chi connectivity index (χ3v) is 4.75. The van der Waals surface area contributed by atoms with Crippen molar-refractivity contribution in [2.75, 3.05) is 13.6 Å². The molecule has 0 aromatic heterocycles. The second-order valence-electron chi connectivity index (χ2n) is 6.01. The van der Waals surface area contributed by atoms with Gasteiger partial charge < -0.3 is 5.73 Å². The first-order chi connectivity index (χ1) is 9.52. The fourth-order valence-electron chi connectivity index (χ4n) is 3.31. The Hall–Kier alpha value is -0.640. The number of hydrogen-bond donors (Lipinski definition) is 1. The Balaban J connectivity index is 2.20. The van der Waals surface area contributed by atoms with E-state index in [-0.39, 0.29) is 11.9 Å². The quantitative estimate of drug-likeness (QED) is 0.911. The highest BCUT2D eigenvalue weighted by atomic mass is 35.5. The molecule has 0 bridgehead atoms. The zero-order chi connectivity index (χ0) is 14.7. The molecule has 1 saturated carbocycles. The van der Waals surface area contributed by atoms with Crippen molar-refractivity contribution in [2.45, 2.75) is 44.7 Å². The number of rotatable bonds is 4. The van der Waals surface area contributed by atoms with Crippen molar-refractivity contribution in [3.8, 4) is 0 Å². The van der Waals surface area contributed by atoms with Crippen LogP contribution in [0, 0.1) is 11.7 Å². The minimum absolute atomic E-state index is 0.107. The van der Waals surface area contributed by atoms with Gasteiger partial charge in [-0.2, -0.15) is 0 Å². The van der Waals surface area contributed by atoms with Crippen molar-refractivity contribution in [1.82, 2.24) is 4.90 Å². The summed E-state index contributed by atoms with van der Waals surface area (Å²) in [4.78, 5) is 2.24. The molecule has 1 aromatic carbocycles. The van der Waals surface area contributed by atoms with Crippen molar-refractivity contribution in [1.29, 1.82) is 0 Å². The number of nitrogens with two attached hydrogens (primary N) is 1. The van der Waals surface area contributed by atoms with E-state index in [1.54, 1.807) is 12.1 Å². The highest BCUT2D eigenvalue weighted by Gasteiger charge is 2.28. The lowest BCUT2D eigenvalue weighted by molar-refractivity contribution is 0.119. The molecule has 0 amide bonds. The molecule has 3 atom stereocenters. The maximum absolute atomic E-state index is 14.1. The van der Waals surface area contributed by atoms with Gasteiger partial charge in [0.05, 0.1) is 0 Å². The molecule has 4 heteroatoms. The van der Waals surface area contributed by atoms with Crippen molar-refractivity contribution < 1.29 is 4.39 Å². The van der Waals surface area contributed by atoms with Gasteiger partial charge in [0, 0.05) is 29.2 Å². The van der Waals surface area contributed by atoms with Crippen LogP contribution in [0.3, 0.4) is 0 Å². The molecule has 0 spiro atoms. The third kappa shape index (κ3) is 3.51. The van der Waals surface area contributed by atoms with E-state index in [4.69, 9.17) is 17.3 Å². The lowest BCUT2D eigenvalue weighted by Crippen LogP contribution is -2.41. The van der Waals surface area contributed by atoms with Crippen LogP contribution in [0.4, 0.5) is 4.39 Å². The summed E-state index contributed by atoms with van der Waals surface area (Å²) in [6.45, 7) is 2.69. The molecule has 1 aromatic rings. The van der Waals surface area contributed by atoms with Crippen LogP contribution in [0.15, 0.2) is 18.2 Å². The van der Waals surface area contributed by atoms with Crippen LogP contribution in [0.5, 0.6) is 0 Å². The molecule has 0 aliphatic heterocycles. The highest BCUT2D eigenvalue weighted by molar-refractivity contribution is 6.30. The van der Waals surface area contributed by atoms with Gasteiger partial charge in [-0.25, -0.2) is 4.39 Å². The minimum atomic E-state index is -0.222. The van der Waals surface area contributed by atoms with Gasteiger partial charge in [-0.1, -0.05) is 31.4 Å². The molecule has 0 heterocycles. The zero-order valence-electron chi connectivity index (χ0n) is 12.3. The molecule has 2 nitrogen and oxygen atoms in total. The molecule has 3 unspecified atom stereocenters. The standard InChI is InChI=1S/C16H24ClFN2/c1-11-4-3-5-13(8-11)20(2)16(10-19)14-9-12(17)6-7-15(14)18/h6-7,9,11,13,16H,3-5,8,10,19H2,1-2H3. The van der Waals surface area contributed by atoms with E-state index < -0.39 is 0 Å². The number of halogens is 2. The molecule has 2 rings (SSSR count). The van der Waals surface area contributed by atoms with Gasteiger partial charge in [-0.15, -0.1) is 0 Å². The second kappa shape index (κ2) is 6.88. The van der Waals surface area contributed by atoms with E-state index in [0.29, 0.717) is 23.2 Å². The molecule has 20 heavy (non-hydrogen) atoms. The van der Waals surface area contributed by atoms with E-state index >= 15 is 0 Å². The number of nitrogens with zero attached hydrogens (tertiary/aromatic N) is 1. The zero-order valence-corrected chi connectivity index (χ0v) is 13.0. The van der Waals surface area contributed by atoms with Crippen LogP contribution >= 0.6 is 11.6 Å². The Labute approximate surface area is 126 Å². The predicted molar refractivity (Wildman–Crippen MR) is 82.4 cm³/mol. The first kappa shape index (κ1) is 15.7. The Bertz CT molecular complexity index is 452. The topological polar surface area (TPSA) is 29.3 Å². The SMILES string of the molecule is CC1CCCC(N(C)C(CN)c2cc(Cl)ccc2F)C1. The summed E-state index contributed by atoms with van der Waals surface area (Å²) in [5.74, 6) is 0.513. The maximum Gasteiger partial charge on any atom is 0.128 e. The average Bonchev–Trinajstić information content (AvgIpc) is 2.43. The van der Waals surface area contributed by atoms with Crippen LogP contribution < -0.4 is 5.73 Å². The van der Waals surface area contributed by atoms with Gasteiger partial charge >= 0.3 is 0 Å². The van der Waals surface area contributed by atoms with Gasteiger partial charge in [0.2, 0.25) is 0 Å². The summed E-state index contributed by atoms with van der Waals surface area (Å²) in [7, 11) is 2.06. The largest absolute Gasteiger partial charge is 0.329 e. The van der Waals surface area contributed by atoms with Crippen LogP contribution in [0.25, 0.3) is 0 Å². The van der Waals surface area contributed by atoms with E-state index in [2.05, 4.69) is 18.9 Å². The molecule has 1 fully saturated rings. The maximum atomic E-state index is 14.1. The normalized spacial score (nSPS) is 24.9. The monoisotopic (exact) mass is 298 g/mol.